The molecule has 0 atom stereocenters. The van der Waals surface area contributed by atoms with Crippen molar-refractivity contribution in [3.8, 4) is 16.9 Å². The summed E-state index contributed by atoms with van der Waals surface area (Å²) < 4.78 is 18.6. The lowest BCUT2D eigenvalue weighted by Crippen LogP contribution is -2.25. The summed E-state index contributed by atoms with van der Waals surface area (Å²) in [6.07, 6.45) is 9.39. The van der Waals surface area contributed by atoms with E-state index >= 15 is 0 Å². The Labute approximate surface area is 161 Å². The standard InChI is InChI=1S/C24H29FO2/c1-2-3-4-5-18-6-8-21(9-7-18)24(26)27-23-16-12-20(13-17-23)19-10-14-22(25)15-11-19/h10-18,21H,2-9H2,1H3. The van der Waals surface area contributed by atoms with Gasteiger partial charge in [-0.1, -0.05) is 56.9 Å². The highest BCUT2D eigenvalue weighted by Crippen LogP contribution is 2.33. The molecule has 0 saturated heterocycles. The number of hydrogen-bond donors (Lipinski definition) is 0. The van der Waals surface area contributed by atoms with Crippen LogP contribution in [-0.2, 0) is 4.79 Å². The maximum absolute atomic E-state index is 13.0. The van der Waals surface area contributed by atoms with E-state index in [4.69, 9.17) is 4.74 Å². The number of benzene rings is 2. The van der Waals surface area contributed by atoms with Crippen molar-refractivity contribution in [2.75, 3.05) is 0 Å². The number of unbranched alkanes of at least 4 members (excludes halogenated alkanes) is 2. The molecule has 0 amide bonds. The van der Waals surface area contributed by atoms with E-state index in [2.05, 4.69) is 6.92 Å². The number of ether oxygens (including phenoxy) is 1. The summed E-state index contributed by atoms with van der Waals surface area (Å²) in [6.45, 7) is 2.24. The van der Waals surface area contributed by atoms with Crippen LogP contribution in [0, 0.1) is 17.7 Å². The molecule has 2 aromatic rings. The van der Waals surface area contributed by atoms with Crippen molar-refractivity contribution in [3.05, 3.63) is 54.3 Å². The van der Waals surface area contributed by atoms with Crippen molar-refractivity contribution in [1.82, 2.24) is 0 Å². The fraction of sp³-hybridized carbons (Fsp3) is 0.458. The van der Waals surface area contributed by atoms with Crippen LogP contribution >= 0.6 is 0 Å². The Morgan fingerprint density at radius 1 is 0.926 bits per heavy atom. The van der Waals surface area contributed by atoms with E-state index in [-0.39, 0.29) is 17.7 Å². The van der Waals surface area contributed by atoms with E-state index in [9.17, 15) is 9.18 Å². The molecule has 1 aliphatic carbocycles. The first-order valence-electron chi connectivity index (χ1n) is 10.2. The highest BCUT2D eigenvalue weighted by atomic mass is 19.1. The third kappa shape index (κ3) is 5.66. The van der Waals surface area contributed by atoms with E-state index < -0.39 is 0 Å². The Bertz CT molecular complexity index is 713. The van der Waals surface area contributed by atoms with Gasteiger partial charge in [0.15, 0.2) is 0 Å². The molecule has 1 saturated carbocycles. The van der Waals surface area contributed by atoms with Crippen molar-refractivity contribution in [2.24, 2.45) is 11.8 Å². The van der Waals surface area contributed by atoms with Gasteiger partial charge in [-0.05, 0) is 67.0 Å². The third-order valence-electron chi connectivity index (χ3n) is 5.65. The molecule has 0 aromatic heterocycles. The Morgan fingerprint density at radius 2 is 1.52 bits per heavy atom. The summed E-state index contributed by atoms with van der Waals surface area (Å²) in [5, 5.41) is 0. The van der Waals surface area contributed by atoms with Gasteiger partial charge in [0.2, 0.25) is 0 Å². The number of hydrogen-bond acceptors (Lipinski definition) is 2. The van der Waals surface area contributed by atoms with Crippen molar-refractivity contribution in [1.29, 1.82) is 0 Å². The van der Waals surface area contributed by atoms with Crippen LogP contribution in [-0.4, -0.2) is 5.97 Å². The fourth-order valence-corrected chi connectivity index (χ4v) is 3.93. The molecule has 3 rings (SSSR count). The molecule has 0 N–H and O–H groups in total. The summed E-state index contributed by atoms with van der Waals surface area (Å²) in [5.41, 5.74) is 1.91. The van der Waals surface area contributed by atoms with E-state index in [0.717, 1.165) is 42.7 Å². The molecule has 3 heteroatoms. The van der Waals surface area contributed by atoms with E-state index in [1.165, 1.54) is 37.8 Å². The van der Waals surface area contributed by atoms with Crippen LogP contribution < -0.4 is 4.74 Å². The summed E-state index contributed by atoms with van der Waals surface area (Å²) in [4.78, 5) is 12.5. The van der Waals surface area contributed by atoms with Crippen LogP contribution in [0.4, 0.5) is 4.39 Å². The molecule has 0 aliphatic heterocycles. The van der Waals surface area contributed by atoms with Gasteiger partial charge < -0.3 is 4.74 Å². The first-order chi connectivity index (χ1) is 13.2. The fourth-order valence-electron chi connectivity index (χ4n) is 3.93. The molecule has 144 valence electrons. The zero-order chi connectivity index (χ0) is 19.1. The molecule has 0 bridgehead atoms. The van der Waals surface area contributed by atoms with Crippen molar-refractivity contribution >= 4 is 5.97 Å². The lowest BCUT2D eigenvalue weighted by molar-refractivity contribution is -0.140. The van der Waals surface area contributed by atoms with E-state index in [0.29, 0.717) is 5.75 Å². The Hall–Kier alpha value is -2.16. The maximum atomic E-state index is 13.0. The van der Waals surface area contributed by atoms with Gasteiger partial charge in [-0.2, -0.15) is 0 Å². The van der Waals surface area contributed by atoms with Crippen LogP contribution in [0.1, 0.15) is 58.3 Å². The summed E-state index contributed by atoms with van der Waals surface area (Å²) in [6, 6.07) is 13.8. The Balaban J connectivity index is 1.49. The van der Waals surface area contributed by atoms with E-state index in [1.807, 2.05) is 24.3 Å². The van der Waals surface area contributed by atoms with Gasteiger partial charge >= 0.3 is 5.97 Å². The largest absolute Gasteiger partial charge is 0.426 e. The van der Waals surface area contributed by atoms with Crippen molar-refractivity contribution in [2.45, 2.75) is 58.3 Å². The quantitative estimate of drug-likeness (QED) is 0.306. The minimum absolute atomic E-state index is 0.0317. The highest BCUT2D eigenvalue weighted by molar-refractivity contribution is 5.75. The predicted molar refractivity (Wildman–Crippen MR) is 107 cm³/mol. The SMILES string of the molecule is CCCCCC1CCC(C(=O)Oc2ccc(-c3ccc(F)cc3)cc2)CC1. The van der Waals surface area contributed by atoms with Gasteiger partial charge in [0.1, 0.15) is 11.6 Å². The number of halogens is 1. The Kier molecular flexibility index (Phi) is 7.03. The molecule has 0 radical (unpaired) electrons. The van der Waals surface area contributed by atoms with Gasteiger partial charge in [0.05, 0.1) is 5.92 Å². The predicted octanol–water partition coefficient (Wildman–Crippen LogP) is 6.78. The first-order valence-corrected chi connectivity index (χ1v) is 10.2. The van der Waals surface area contributed by atoms with Gasteiger partial charge in [-0.15, -0.1) is 0 Å². The molecule has 1 aliphatic rings. The lowest BCUT2D eigenvalue weighted by atomic mass is 9.80. The molecule has 27 heavy (non-hydrogen) atoms. The molecule has 0 spiro atoms. The number of rotatable bonds is 7. The summed E-state index contributed by atoms with van der Waals surface area (Å²) >= 11 is 0. The zero-order valence-corrected chi connectivity index (χ0v) is 16.1. The van der Waals surface area contributed by atoms with Crippen LogP contribution in [0.5, 0.6) is 5.75 Å². The number of esters is 1. The average molecular weight is 368 g/mol. The highest BCUT2D eigenvalue weighted by Gasteiger charge is 2.27. The van der Waals surface area contributed by atoms with Gasteiger partial charge in [-0.25, -0.2) is 4.39 Å². The van der Waals surface area contributed by atoms with Crippen molar-refractivity contribution < 1.29 is 13.9 Å². The second-order valence-corrected chi connectivity index (χ2v) is 7.67. The second-order valence-electron chi connectivity index (χ2n) is 7.67. The first kappa shape index (κ1) is 19.6. The molecule has 0 heterocycles. The molecule has 2 aromatic carbocycles. The zero-order valence-electron chi connectivity index (χ0n) is 16.1. The molecule has 1 fully saturated rings. The molecular weight excluding hydrogens is 339 g/mol. The Morgan fingerprint density at radius 3 is 2.11 bits per heavy atom. The maximum Gasteiger partial charge on any atom is 0.314 e. The molecule has 0 unspecified atom stereocenters. The van der Waals surface area contributed by atoms with Gasteiger partial charge in [-0.3, -0.25) is 4.79 Å². The minimum atomic E-state index is -0.246. The van der Waals surface area contributed by atoms with Crippen LogP contribution in [0.25, 0.3) is 11.1 Å². The molecule has 2 nitrogen and oxygen atoms in total. The summed E-state index contributed by atoms with van der Waals surface area (Å²) in [5.74, 6) is 1.05. The van der Waals surface area contributed by atoms with Crippen molar-refractivity contribution in [3.63, 3.8) is 0 Å². The smallest absolute Gasteiger partial charge is 0.314 e. The summed E-state index contributed by atoms with van der Waals surface area (Å²) in [7, 11) is 0. The monoisotopic (exact) mass is 368 g/mol. The van der Waals surface area contributed by atoms with Crippen LogP contribution in [0.2, 0.25) is 0 Å². The number of carbonyl (C=O) groups is 1. The second kappa shape index (κ2) is 9.68. The lowest BCUT2D eigenvalue weighted by Gasteiger charge is -2.27. The third-order valence-corrected chi connectivity index (χ3v) is 5.65. The topological polar surface area (TPSA) is 26.3 Å². The normalized spacial score (nSPS) is 19.6. The van der Waals surface area contributed by atoms with Gasteiger partial charge in [0.25, 0.3) is 0 Å². The number of carbonyl (C=O) groups excluding carboxylic acids is 1. The van der Waals surface area contributed by atoms with Gasteiger partial charge in [0, 0.05) is 0 Å². The average Bonchev–Trinajstić information content (AvgIpc) is 2.70. The van der Waals surface area contributed by atoms with Crippen LogP contribution in [0.15, 0.2) is 48.5 Å². The molecular formula is C24H29FO2. The van der Waals surface area contributed by atoms with E-state index in [1.54, 1.807) is 12.1 Å². The van der Waals surface area contributed by atoms with Crippen LogP contribution in [0.3, 0.4) is 0 Å². The minimum Gasteiger partial charge on any atom is -0.426 e.